The molecule has 9 heteroatoms. The van der Waals surface area contributed by atoms with Crippen molar-refractivity contribution in [3.63, 3.8) is 0 Å². The van der Waals surface area contributed by atoms with Crippen LogP contribution in [-0.2, 0) is 4.79 Å². The number of methoxy groups -OCH3 is 1. The number of benzene rings is 1. The molecule has 0 spiro atoms. The highest BCUT2D eigenvalue weighted by atomic mass is 16.5. The van der Waals surface area contributed by atoms with Gasteiger partial charge in [0.05, 0.1) is 31.6 Å². The average Bonchev–Trinajstić information content (AvgIpc) is 3.55. The number of ether oxygens (including phenoxy) is 2. The van der Waals surface area contributed by atoms with Gasteiger partial charge in [-0.1, -0.05) is 24.6 Å². The first kappa shape index (κ1) is 22.2. The van der Waals surface area contributed by atoms with Gasteiger partial charge in [-0.15, -0.1) is 0 Å². The van der Waals surface area contributed by atoms with Gasteiger partial charge in [-0.05, 0) is 43.2 Å². The highest BCUT2D eigenvalue weighted by Crippen LogP contribution is 2.43. The van der Waals surface area contributed by atoms with Gasteiger partial charge in [-0.2, -0.15) is 0 Å². The van der Waals surface area contributed by atoms with Crippen LogP contribution in [0, 0.1) is 6.92 Å². The molecule has 0 saturated carbocycles. The summed E-state index contributed by atoms with van der Waals surface area (Å²) in [7, 11) is 1.51. The Labute approximate surface area is 190 Å². The zero-order valence-electron chi connectivity index (χ0n) is 18.5. The maximum absolute atomic E-state index is 13.2. The Hall–Kier alpha value is -4.01. The van der Waals surface area contributed by atoms with Crippen LogP contribution in [0.5, 0.6) is 11.5 Å². The fourth-order valence-corrected chi connectivity index (χ4v) is 3.70. The van der Waals surface area contributed by atoms with Crippen LogP contribution in [0.15, 0.2) is 62.9 Å². The van der Waals surface area contributed by atoms with E-state index in [9.17, 15) is 14.7 Å². The normalized spacial score (nSPS) is 15.9. The molecule has 2 aromatic heterocycles. The second kappa shape index (κ2) is 9.23. The average molecular weight is 452 g/mol. The molecule has 0 saturated heterocycles. The second-order valence-electron chi connectivity index (χ2n) is 7.55. The van der Waals surface area contributed by atoms with E-state index in [1.165, 1.54) is 24.3 Å². The van der Waals surface area contributed by atoms with E-state index in [1.54, 1.807) is 37.3 Å². The van der Waals surface area contributed by atoms with E-state index in [-0.39, 0.29) is 17.2 Å². The van der Waals surface area contributed by atoms with Crippen molar-refractivity contribution in [2.45, 2.75) is 32.7 Å². The van der Waals surface area contributed by atoms with E-state index in [0.29, 0.717) is 29.4 Å². The van der Waals surface area contributed by atoms with Crippen LogP contribution in [0.1, 0.15) is 47.7 Å². The second-order valence-corrected chi connectivity index (χ2v) is 7.55. The van der Waals surface area contributed by atoms with Crippen LogP contribution in [0.4, 0.5) is 5.82 Å². The number of hydrogen-bond acceptors (Lipinski definition) is 8. The van der Waals surface area contributed by atoms with Crippen molar-refractivity contribution >= 4 is 17.5 Å². The number of rotatable bonds is 9. The number of Topliss-reactive ketones (excluding diaryl/α,β-unsaturated/α-hetero) is 1. The van der Waals surface area contributed by atoms with Crippen LogP contribution in [0.3, 0.4) is 0 Å². The summed E-state index contributed by atoms with van der Waals surface area (Å²) in [6.45, 7) is 4.28. The molecular weight excluding hydrogens is 428 g/mol. The molecule has 1 unspecified atom stereocenters. The van der Waals surface area contributed by atoms with Crippen molar-refractivity contribution < 1.29 is 33.1 Å². The van der Waals surface area contributed by atoms with E-state index >= 15 is 0 Å². The van der Waals surface area contributed by atoms with Crippen molar-refractivity contribution in [2.75, 3.05) is 18.6 Å². The minimum atomic E-state index is -0.988. The monoisotopic (exact) mass is 452 g/mol. The summed E-state index contributed by atoms with van der Waals surface area (Å²) in [6.07, 6.45) is 3.22. The molecule has 1 N–H and O–H groups in total. The first-order chi connectivity index (χ1) is 16.0. The standard InChI is InChI=1S/C24H24N2O7/c1-4-5-10-31-16-9-8-15(13-18(16)30-3)21-20(22(27)17-7-6-11-32-17)23(28)24(29)26(21)19-12-14(2)33-25-19/h6-9,11-13,21,28H,4-5,10H2,1-3H3. The molecule has 1 aliphatic heterocycles. The Bertz CT molecular complexity index is 1190. The molecule has 9 nitrogen and oxygen atoms in total. The maximum atomic E-state index is 13.2. The van der Waals surface area contributed by atoms with E-state index in [4.69, 9.17) is 18.4 Å². The number of carbonyl (C=O) groups is 2. The van der Waals surface area contributed by atoms with E-state index in [0.717, 1.165) is 12.8 Å². The number of aryl methyl sites for hydroxylation is 1. The number of nitrogens with zero attached hydrogens (tertiary/aromatic N) is 2. The number of furan rings is 1. The number of unbranched alkanes of at least 4 members (excludes halogenated alkanes) is 1. The van der Waals surface area contributed by atoms with Crippen LogP contribution in [0.25, 0.3) is 0 Å². The fourth-order valence-electron chi connectivity index (χ4n) is 3.70. The lowest BCUT2D eigenvalue weighted by molar-refractivity contribution is -0.117. The summed E-state index contributed by atoms with van der Waals surface area (Å²) >= 11 is 0. The van der Waals surface area contributed by atoms with Crippen molar-refractivity contribution in [1.82, 2.24) is 5.16 Å². The van der Waals surface area contributed by atoms with Crippen LogP contribution in [-0.4, -0.2) is 35.7 Å². The number of carbonyl (C=O) groups excluding carboxylic acids is 2. The zero-order chi connectivity index (χ0) is 23.5. The van der Waals surface area contributed by atoms with Gasteiger partial charge in [-0.3, -0.25) is 14.5 Å². The lowest BCUT2D eigenvalue weighted by Crippen LogP contribution is -2.31. The SMILES string of the molecule is CCCCOc1ccc(C2C(C(=O)c3ccco3)=C(O)C(=O)N2c2cc(C)on2)cc1OC. The lowest BCUT2D eigenvalue weighted by atomic mass is 9.94. The molecule has 3 aromatic rings. The van der Waals surface area contributed by atoms with Crippen LogP contribution < -0.4 is 14.4 Å². The molecule has 1 amide bonds. The van der Waals surface area contributed by atoms with Gasteiger partial charge in [0.2, 0.25) is 5.78 Å². The number of anilines is 1. The van der Waals surface area contributed by atoms with E-state index in [1.807, 2.05) is 0 Å². The molecule has 1 atom stereocenters. The molecule has 0 aliphatic carbocycles. The summed E-state index contributed by atoms with van der Waals surface area (Å²) in [5, 5.41) is 14.7. The van der Waals surface area contributed by atoms with Crippen molar-refractivity contribution in [1.29, 1.82) is 0 Å². The molecule has 1 aliphatic rings. The lowest BCUT2D eigenvalue weighted by Gasteiger charge is -2.25. The number of ketones is 1. The van der Waals surface area contributed by atoms with E-state index in [2.05, 4.69) is 12.1 Å². The third kappa shape index (κ3) is 4.09. The van der Waals surface area contributed by atoms with Crippen LogP contribution >= 0.6 is 0 Å². The van der Waals surface area contributed by atoms with Crippen LogP contribution in [0.2, 0.25) is 0 Å². The van der Waals surface area contributed by atoms with Crippen molar-refractivity contribution in [3.05, 3.63) is 71.1 Å². The maximum Gasteiger partial charge on any atom is 0.295 e. The number of amides is 1. The smallest absolute Gasteiger partial charge is 0.295 e. The molecule has 0 bridgehead atoms. The summed E-state index contributed by atoms with van der Waals surface area (Å²) in [6, 6.07) is 8.70. The van der Waals surface area contributed by atoms with E-state index < -0.39 is 23.5 Å². The van der Waals surface area contributed by atoms with Gasteiger partial charge in [0, 0.05) is 6.07 Å². The van der Waals surface area contributed by atoms with Crippen molar-refractivity contribution in [2.24, 2.45) is 0 Å². The Morgan fingerprint density at radius 1 is 1.24 bits per heavy atom. The fraction of sp³-hybridized carbons (Fsp3) is 0.292. The number of hydrogen-bond donors (Lipinski definition) is 1. The first-order valence-electron chi connectivity index (χ1n) is 10.5. The van der Waals surface area contributed by atoms with Gasteiger partial charge < -0.3 is 23.5 Å². The third-order valence-corrected chi connectivity index (χ3v) is 5.32. The number of aliphatic hydroxyl groups excluding tert-OH is 1. The molecule has 0 radical (unpaired) electrons. The van der Waals surface area contributed by atoms with Gasteiger partial charge in [0.25, 0.3) is 5.91 Å². The third-order valence-electron chi connectivity index (χ3n) is 5.32. The van der Waals surface area contributed by atoms with Gasteiger partial charge in [0.15, 0.2) is 28.8 Å². The Morgan fingerprint density at radius 2 is 2.06 bits per heavy atom. The quantitative estimate of drug-likeness (QED) is 0.371. The molecule has 1 aromatic carbocycles. The Balaban J connectivity index is 1.81. The summed E-state index contributed by atoms with van der Waals surface area (Å²) in [5.74, 6) is -0.453. The summed E-state index contributed by atoms with van der Waals surface area (Å²) in [4.78, 5) is 27.5. The van der Waals surface area contributed by atoms with Crippen molar-refractivity contribution in [3.8, 4) is 11.5 Å². The summed E-state index contributed by atoms with van der Waals surface area (Å²) in [5.41, 5.74) is 0.389. The minimum absolute atomic E-state index is 0.000910. The topological polar surface area (TPSA) is 115 Å². The number of aromatic nitrogens is 1. The summed E-state index contributed by atoms with van der Waals surface area (Å²) < 4.78 is 21.7. The largest absolute Gasteiger partial charge is 0.503 e. The molecular formula is C24H24N2O7. The van der Waals surface area contributed by atoms with Gasteiger partial charge >= 0.3 is 0 Å². The molecule has 3 heterocycles. The Morgan fingerprint density at radius 3 is 2.70 bits per heavy atom. The van der Waals surface area contributed by atoms with Gasteiger partial charge in [-0.25, -0.2) is 0 Å². The zero-order valence-corrected chi connectivity index (χ0v) is 18.5. The first-order valence-corrected chi connectivity index (χ1v) is 10.5. The molecule has 33 heavy (non-hydrogen) atoms. The predicted molar refractivity (Wildman–Crippen MR) is 118 cm³/mol. The molecule has 0 fully saturated rings. The highest BCUT2D eigenvalue weighted by Gasteiger charge is 2.46. The minimum Gasteiger partial charge on any atom is -0.503 e. The number of aliphatic hydroxyl groups is 1. The molecule has 4 rings (SSSR count). The predicted octanol–water partition coefficient (Wildman–Crippen LogP) is 4.55. The highest BCUT2D eigenvalue weighted by molar-refractivity contribution is 6.19. The van der Waals surface area contributed by atoms with Gasteiger partial charge in [0.1, 0.15) is 5.76 Å². The molecule has 172 valence electrons. The Kier molecular flexibility index (Phi) is 6.21.